The minimum absolute atomic E-state index is 0.0262. The van der Waals surface area contributed by atoms with E-state index >= 15 is 0 Å². The predicted octanol–water partition coefficient (Wildman–Crippen LogP) is 2.23. The molecule has 0 unspecified atom stereocenters. The monoisotopic (exact) mass is 279 g/mol. The summed E-state index contributed by atoms with van der Waals surface area (Å²) in [5.74, 6) is -0.472. The van der Waals surface area contributed by atoms with Crippen LogP contribution in [0.1, 0.15) is 30.2 Å². The van der Waals surface area contributed by atoms with E-state index in [-0.39, 0.29) is 17.9 Å². The standard InChI is InChI=1S/C14H15F2N3O/c15-11-2-1-3-12(16)10(11)8-14-19-18-13(20-14)6-7-17-9-4-5-9/h1-3,9,17H,4-8H2. The molecule has 2 aromatic rings. The molecule has 1 aromatic heterocycles. The lowest BCUT2D eigenvalue weighted by Gasteiger charge is -2.01. The molecule has 1 saturated carbocycles. The summed E-state index contributed by atoms with van der Waals surface area (Å²) in [4.78, 5) is 0. The smallest absolute Gasteiger partial charge is 0.221 e. The van der Waals surface area contributed by atoms with E-state index in [4.69, 9.17) is 4.42 Å². The molecule has 0 radical (unpaired) electrons. The second-order valence-electron chi connectivity index (χ2n) is 4.94. The molecular weight excluding hydrogens is 264 g/mol. The van der Waals surface area contributed by atoms with Crippen LogP contribution in [-0.2, 0) is 12.8 Å². The van der Waals surface area contributed by atoms with Crippen molar-refractivity contribution in [3.63, 3.8) is 0 Å². The number of nitrogens with zero attached hydrogens (tertiary/aromatic N) is 2. The highest BCUT2D eigenvalue weighted by Crippen LogP contribution is 2.19. The van der Waals surface area contributed by atoms with E-state index in [0.717, 1.165) is 6.54 Å². The third kappa shape index (κ3) is 3.19. The van der Waals surface area contributed by atoms with Crippen LogP contribution in [0.25, 0.3) is 0 Å². The SMILES string of the molecule is Fc1cccc(F)c1Cc1nnc(CCNC2CC2)o1. The Bertz CT molecular complexity index is 576. The van der Waals surface area contributed by atoms with Gasteiger partial charge in [0.1, 0.15) is 11.6 Å². The number of benzene rings is 1. The van der Waals surface area contributed by atoms with Gasteiger partial charge < -0.3 is 9.73 Å². The van der Waals surface area contributed by atoms with Crippen LogP contribution in [0.4, 0.5) is 8.78 Å². The largest absolute Gasteiger partial charge is 0.425 e. The summed E-state index contributed by atoms with van der Waals surface area (Å²) in [7, 11) is 0. The van der Waals surface area contributed by atoms with Crippen LogP contribution in [-0.4, -0.2) is 22.8 Å². The zero-order valence-electron chi connectivity index (χ0n) is 10.9. The zero-order valence-corrected chi connectivity index (χ0v) is 10.9. The highest BCUT2D eigenvalue weighted by atomic mass is 19.1. The molecule has 0 bridgehead atoms. The maximum Gasteiger partial charge on any atom is 0.221 e. The molecular formula is C14H15F2N3O. The lowest BCUT2D eigenvalue weighted by atomic mass is 10.1. The van der Waals surface area contributed by atoms with Crippen molar-refractivity contribution in [3.8, 4) is 0 Å². The van der Waals surface area contributed by atoms with Crippen LogP contribution in [0.3, 0.4) is 0 Å². The molecule has 3 rings (SSSR count). The molecule has 0 aliphatic heterocycles. The molecule has 1 N–H and O–H groups in total. The Morgan fingerprint density at radius 2 is 1.85 bits per heavy atom. The number of aromatic nitrogens is 2. The van der Waals surface area contributed by atoms with E-state index in [0.29, 0.717) is 18.4 Å². The quantitative estimate of drug-likeness (QED) is 0.881. The molecule has 1 heterocycles. The topological polar surface area (TPSA) is 51.0 Å². The molecule has 0 atom stereocenters. The maximum absolute atomic E-state index is 13.5. The van der Waals surface area contributed by atoms with E-state index in [1.54, 1.807) is 0 Å². The first-order valence-corrected chi connectivity index (χ1v) is 6.70. The van der Waals surface area contributed by atoms with E-state index in [1.165, 1.54) is 31.0 Å². The molecule has 0 spiro atoms. The minimum atomic E-state index is -0.597. The van der Waals surface area contributed by atoms with Gasteiger partial charge in [0.05, 0.1) is 6.42 Å². The summed E-state index contributed by atoms with van der Waals surface area (Å²) >= 11 is 0. The van der Waals surface area contributed by atoms with Gasteiger partial charge in [-0.15, -0.1) is 10.2 Å². The van der Waals surface area contributed by atoms with E-state index < -0.39 is 11.6 Å². The Kier molecular flexibility index (Phi) is 3.73. The Hall–Kier alpha value is -1.82. The van der Waals surface area contributed by atoms with E-state index in [9.17, 15) is 8.78 Å². The van der Waals surface area contributed by atoms with E-state index in [2.05, 4.69) is 15.5 Å². The molecule has 1 aromatic carbocycles. The zero-order chi connectivity index (χ0) is 13.9. The Balaban J connectivity index is 1.61. The molecule has 4 nitrogen and oxygen atoms in total. The van der Waals surface area contributed by atoms with Crippen LogP contribution >= 0.6 is 0 Å². The van der Waals surface area contributed by atoms with Crippen molar-refractivity contribution in [2.45, 2.75) is 31.7 Å². The highest BCUT2D eigenvalue weighted by molar-refractivity contribution is 5.22. The molecule has 106 valence electrons. The van der Waals surface area contributed by atoms with Gasteiger partial charge in [0.15, 0.2) is 0 Å². The molecule has 0 saturated heterocycles. The van der Waals surface area contributed by atoms with Gasteiger partial charge in [-0.05, 0) is 25.0 Å². The summed E-state index contributed by atoms with van der Waals surface area (Å²) in [6.45, 7) is 0.778. The summed E-state index contributed by atoms with van der Waals surface area (Å²) in [5, 5.41) is 11.1. The van der Waals surface area contributed by atoms with Gasteiger partial charge in [-0.3, -0.25) is 0 Å². The highest BCUT2D eigenvalue weighted by Gasteiger charge is 2.20. The second-order valence-corrected chi connectivity index (χ2v) is 4.94. The summed E-state index contributed by atoms with van der Waals surface area (Å²) in [6, 6.07) is 4.39. The molecule has 1 aliphatic carbocycles. The average molecular weight is 279 g/mol. The predicted molar refractivity (Wildman–Crippen MR) is 68.2 cm³/mol. The van der Waals surface area contributed by atoms with Crippen LogP contribution in [0.2, 0.25) is 0 Å². The summed E-state index contributed by atoms with van der Waals surface area (Å²) in [5.41, 5.74) is -0.0428. The van der Waals surface area contributed by atoms with Crippen LogP contribution in [0.15, 0.2) is 22.6 Å². The normalized spacial score (nSPS) is 14.7. The van der Waals surface area contributed by atoms with Crippen LogP contribution in [0, 0.1) is 11.6 Å². The van der Waals surface area contributed by atoms with Gasteiger partial charge in [0.25, 0.3) is 0 Å². The first-order valence-electron chi connectivity index (χ1n) is 6.70. The lowest BCUT2D eigenvalue weighted by molar-refractivity contribution is 0.444. The van der Waals surface area contributed by atoms with Crippen molar-refractivity contribution in [2.75, 3.05) is 6.54 Å². The Labute approximate surface area is 115 Å². The molecule has 6 heteroatoms. The number of rotatable bonds is 6. The third-order valence-corrected chi connectivity index (χ3v) is 3.25. The maximum atomic E-state index is 13.5. The summed E-state index contributed by atoms with van der Waals surface area (Å²) < 4.78 is 32.4. The molecule has 0 amide bonds. The second kappa shape index (κ2) is 5.66. The van der Waals surface area contributed by atoms with E-state index in [1.807, 2.05) is 0 Å². The molecule has 1 aliphatic rings. The van der Waals surface area contributed by atoms with Gasteiger partial charge in [0.2, 0.25) is 11.8 Å². The Morgan fingerprint density at radius 3 is 2.55 bits per heavy atom. The fourth-order valence-corrected chi connectivity index (χ4v) is 1.98. The number of hydrogen-bond donors (Lipinski definition) is 1. The van der Waals surface area contributed by atoms with Crippen molar-refractivity contribution in [1.82, 2.24) is 15.5 Å². The van der Waals surface area contributed by atoms with Gasteiger partial charge in [-0.1, -0.05) is 6.07 Å². The van der Waals surface area contributed by atoms with Crippen LogP contribution < -0.4 is 5.32 Å². The van der Waals surface area contributed by atoms with Crippen molar-refractivity contribution >= 4 is 0 Å². The van der Waals surface area contributed by atoms with Crippen molar-refractivity contribution in [1.29, 1.82) is 0 Å². The van der Waals surface area contributed by atoms with Gasteiger partial charge in [-0.2, -0.15) is 0 Å². The van der Waals surface area contributed by atoms with Crippen molar-refractivity contribution in [2.24, 2.45) is 0 Å². The van der Waals surface area contributed by atoms with Crippen molar-refractivity contribution < 1.29 is 13.2 Å². The molecule has 20 heavy (non-hydrogen) atoms. The third-order valence-electron chi connectivity index (χ3n) is 3.25. The van der Waals surface area contributed by atoms with Crippen LogP contribution in [0.5, 0.6) is 0 Å². The van der Waals surface area contributed by atoms with Crippen molar-refractivity contribution in [3.05, 3.63) is 47.2 Å². The lowest BCUT2D eigenvalue weighted by Crippen LogP contribution is -2.19. The van der Waals surface area contributed by atoms with Gasteiger partial charge in [0, 0.05) is 24.6 Å². The number of halogens is 2. The number of nitrogens with one attached hydrogen (secondary N) is 1. The first kappa shape index (κ1) is 13.2. The Morgan fingerprint density at radius 1 is 1.15 bits per heavy atom. The minimum Gasteiger partial charge on any atom is -0.425 e. The summed E-state index contributed by atoms with van der Waals surface area (Å²) in [6.07, 6.45) is 3.05. The van der Waals surface area contributed by atoms with Gasteiger partial charge in [-0.25, -0.2) is 8.78 Å². The number of hydrogen-bond acceptors (Lipinski definition) is 4. The first-order chi connectivity index (χ1) is 9.72. The molecule has 1 fully saturated rings. The fraction of sp³-hybridized carbons (Fsp3) is 0.429. The van der Waals surface area contributed by atoms with Gasteiger partial charge >= 0.3 is 0 Å². The fourth-order valence-electron chi connectivity index (χ4n) is 1.98. The average Bonchev–Trinajstić information content (AvgIpc) is 3.13.